The Bertz CT molecular complexity index is 217. The highest BCUT2D eigenvalue weighted by Gasteiger charge is 2.29. The van der Waals surface area contributed by atoms with E-state index < -0.39 is 0 Å². The summed E-state index contributed by atoms with van der Waals surface area (Å²) in [5.41, 5.74) is 2.98. The van der Waals surface area contributed by atoms with Crippen molar-refractivity contribution in [3.8, 4) is 0 Å². The summed E-state index contributed by atoms with van der Waals surface area (Å²) in [6, 6.07) is 0.861. The third-order valence-corrected chi connectivity index (χ3v) is 4.26. The molecule has 1 heterocycles. The van der Waals surface area contributed by atoms with Crippen molar-refractivity contribution in [3.05, 3.63) is 0 Å². The molecule has 2 atom stereocenters. The molecule has 3 N–H and O–H groups in total. The summed E-state index contributed by atoms with van der Waals surface area (Å²) in [6.45, 7) is 11.9. The highest BCUT2D eigenvalue weighted by molar-refractivity contribution is 4.84. The van der Waals surface area contributed by atoms with Gasteiger partial charge in [-0.1, -0.05) is 26.7 Å². The van der Waals surface area contributed by atoms with E-state index >= 15 is 0 Å². The Labute approximate surface area is 112 Å². The summed E-state index contributed by atoms with van der Waals surface area (Å²) in [5.74, 6) is 6.47. The first-order valence-corrected chi connectivity index (χ1v) is 7.44. The Balaban J connectivity index is 2.53. The molecule has 1 saturated heterocycles. The zero-order valence-electron chi connectivity index (χ0n) is 12.5. The Morgan fingerprint density at radius 3 is 2.50 bits per heavy atom. The number of ether oxygens (including phenoxy) is 1. The van der Waals surface area contributed by atoms with Crippen molar-refractivity contribution >= 4 is 0 Å². The average Bonchev–Trinajstić information content (AvgIpc) is 2.40. The lowest BCUT2D eigenvalue weighted by atomic mass is 9.92. The molecule has 0 saturated carbocycles. The van der Waals surface area contributed by atoms with Crippen LogP contribution in [0, 0.1) is 5.92 Å². The first-order chi connectivity index (χ1) is 8.62. The molecule has 1 rings (SSSR count). The van der Waals surface area contributed by atoms with Crippen LogP contribution >= 0.6 is 0 Å². The molecular formula is C14H31N3O. The molecule has 0 spiro atoms. The van der Waals surface area contributed by atoms with Crippen LogP contribution in [-0.4, -0.2) is 42.8 Å². The summed E-state index contributed by atoms with van der Waals surface area (Å²) in [6.07, 6.45) is 3.77. The maximum atomic E-state index is 5.92. The van der Waals surface area contributed by atoms with Crippen LogP contribution in [0.25, 0.3) is 0 Å². The van der Waals surface area contributed by atoms with Gasteiger partial charge in [0.25, 0.3) is 0 Å². The third-order valence-electron chi connectivity index (χ3n) is 4.26. The van der Waals surface area contributed by atoms with Gasteiger partial charge < -0.3 is 4.74 Å². The van der Waals surface area contributed by atoms with Gasteiger partial charge in [-0.15, -0.1) is 0 Å². The molecule has 0 bridgehead atoms. The van der Waals surface area contributed by atoms with Crippen LogP contribution in [0.3, 0.4) is 0 Å². The van der Waals surface area contributed by atoms with Crippen LogP contribution in [0.15, 0.2) is 0 Å². The van der Waals surface area contributed by atoms with Crippen LogP contribution in [0.1, 0.15) is 47.0 Å². The summed E-state index contributed by atoms with van der Waals surface area (Å²) in [7, 11) is 0. The number of nitrogens with one attached hydrogen (secondary N) is 1. The Morgan fingerprint density at radius 1 is 1.33 bits per heavy atom. The average molecular weight is 257 g/mol. The Morgan fingerprint density at radius 2 is 2.00 bits per heavy atom. The maximum Gasteiger partial charge on any atom is 0.0868 e. The number of hydrazine groups is 1. The van der Waals surface area contributed by atoms with Gasteiger partial charge in [0.1, 0.15) is 0 Å². The van der Waals surface area contributed by atoms with Crippen molar-refractivity contribution in [2.45, 2.75) is 65.1 Å². The number of nitrogens with zero attached hydrogens (tertiary/aromatic N) is 1. The van der Waals surface area contributed by atoms with Crippen molar-refractivity contribution in [3.63, 3.8) is 0 Å². The van der Waals surface area contributed by atoms with Gasteiger partial charge in [-0.25, -0.2) is 0 Å². The van der Waals surface area contributed by atoms with Crippen LogP contribution in [-0.2, 0) is 4.74 Å². The highest BCUT2D eigenvalue weighted by atomic mass is 16.5. The largest absolute Gasteiger partial charge is 0.374 e. The maximum absolute atomic E-state index is 5.92. The molecule has 1 fully saturated rings. The highest BCUT2D eigenvalue weighted by Crippen LogP contribution is 2.20. The van der Waals surface area contributed by atoms with Crippen LogP contribution in [0.4, 0.5) is 0 Å². The lowest BCUT2D eigenvalue weighted by molar-refractivity contribution is -0.0588. The Kier molecular flexibility index (Phi) is 7.15. The zero-order valence-corrected chi connectivity index (χ0v) is 12.5. The van der Waals surface area contributed by atoms with E-state index in [-0.39, 0.29) is 12.1 Å². The molecule has 0 aromatic heterocycles. The van der Waals surface area contributed by atoms with Crippen molar-refractivity contribution in [1.29, 1.82) is 0 Å². The standard InChI is InChI=1S/C14H31N3O/c1-5-12(6-2)9-13(16-15)14-10-17(11(3)4)7-8-18-14/h11-14,16H,5-10,15H2,1-4H3. The fourth-order valence-corrected chi connectivity index (χ4v) is 2.72. The number of morpholine rings is 1. The van der Waals surface area contributed by atoms with E-state index in [4.69, 9.17) is 10.6 Å². The first-order valence-electron chi connectivity index (χ1n) is 7.44. The van der Waals surface area contributed by atoms with E-state index in [1.54, 1.807) is 0 Å². The molecule has 4 nitrogen and oxygen atoms in total. The topological polar surface area (TPSA) is 50.5 Å². The molecule has 4 heteroatoms. The van der Waals surface area contributed by atoms with Gasteiger partial charge in [-0.2, -0.15) is 0 Å². The minimum absolute atomic E-state index is 0.228. The molecule has 2 unspecified atom stereocenters. The van der Waals surface area contributed by atoms with Crippen molar-refractivity contribution in [2.75, 3.05) is 19.7 Å². The fourth-order valence-electron chi connectivity index (χ4n) is 2.72. The molecule has 1 aliphatic heterocycles. The van der Waals surface area contributed by atoms with Gasteiger partial charge >= 0.3 is 0 Å². The van der Waals surface area contributed by atoms with Gasteiger partial charge in [0.05, 0.1) is 12.7 Å². The lowest BCUT2D eigenvalue weighted by Crippen LogP contribution is -2.55. The number of hydrogen-bond donors (Lipinski definition) is 2. The number of nitrogens with two attached hydrogens (primary N) is 1. The first kappa shape index (κ1) is 15.9. The summed E-state index contributed by atoms with van der Waals surface area (Å²) >= 11 is 0. The predicted molar refractivity (Wildman–Crippen MR) is 76.2 cm³/mol. The Hall–Kier alpha value is -0.160. The number of hydrogen-bond acceptors (Lipinski definition) is 4. The molecule has 18 heavy (non-hydrogen) atoms. The van der Waals surface area contributed by atoms with Crippen LogP contribution < -0.4 is 11.3 Å². The van der Waals surface area contributed by atoms with Gasteiger partial charge in [0.15, 0.2) is 0 Å². The minimum atomic E-state index is 0.228. The number of rotatable bonds is 7. The quantitative estimate of drug-likeness (QED) is 0.539. The predicted octanol–water partition coefficient (Wildman–Crippen LogP) is 1.75. The molecule has 108 valence electrons. The lowest BCUT2D eigenvalue weighted by Gasteiger charge is -2.39. The van der Waals surface area contributed by atoms with Crippen LogP contribution in [0.2, 0.25) is 0 Å². The summed E-state index contributed by atoms with van der Waals surface area (Å²) in [4.78, 5) is 2.48. The van der Waals surface area contributed by atoms with E-state index in [1.807, 2.05) is 0 Å². The molecule has 1 aliphatic rings. The SMILES string of the molecule is CCC(CC)CC(NN)C1CN(C(C)C)CCO1. The zero-order chi connectivity index (χ0) is 13.5. The van der Waals surface area contributed by atoms with Crippen molar-refractivity contribution in [1.82, 2.24) is 10.3 Å². The van der Waals surface area contributed by atoms with Gasteiger partial charge in [0.2, 0.25) is 0 Å². The van der Waals surface area contributed by atoms with Gasteiger partial charge in [-0.3, -0.25) is 16.2 Å². The minimum Gasteiger partial charge on any atom is -0.374 e. The molecule has 0 aliphatic carbocycles. The van der Waals surface area contributed by atoms with Crippen molar-refractivity contribution in [2.24, 2.45) is 11.8 Å². The molecule has 0 radical (unpaired) electrons. The summed E-state index contributed by atoms with van der Waals surface area (Å²) in [5, 5.41) is 0. The van der Waals surface area contributed by atoms with Crippen LogP contribution in [0.5, 0.6) is 0 Å². The molecule has 0 amide bonds. The van der Waals surface area contributed by atoms with E-state index in [0.29, 0.717) is 6.04 Å². The van der Waals surface area contributed by atoms with Crippen molar-refractivity contribution < 1.29 is 4.74 Å². The smallest absolute Gasteiger partial charge is 0.0868 e. The van der Waals surface area contributed by atoms with E-state index in [1.165, 1.54) is 12.8 Å². The third kappa shape index (κ3) is 4.50. The second-order valence-corrected chi connectivity index (χ2v) is 5.69. The van der Waals surface area contributed by atoms with Gasteiger partial charge in [0, 0.05) is 25.2 Å². The second kappa shape index (κ2) is 8.10. The van der Waals surface area contributed by atoms with E-state index in [9.17, 15) is 0 Å². The monoisotopic (exact) mass is 257 g/mol. The normalized spacial score (nSPS) is 23.8. The molecule has 0 aromatic carbocycles. The summed E-state index contributed by atoms with van der Waals surface area (Å²) < 4.78 is 5.92. The van der Waals surface area contributed by atoms with Gasteiger partial charge in [-0.05, 0) is 26.2 Å². The molecule has 0 aromatic rings. The second-order valence-electron chi connectivity index (χ2n) is 5.69. The van der Waals surface area contributed by atoms with E-state index in [0.717, 1.165) is 32.0 Å². The fraction of sp³-hybridized carbons (Fsp3) is 1.00. The molecular weight excluding hydrogens is 226 g/mol. The van der Waals surface area contributed by atoms with E-state index in [2.05, 4.69) is 38.0 Å².